The number of aromatic nitrogens is 1. The normalized spacial score (nSPS) is 16.7. The van der Waals surface area contributed by atoms with Crippen molar-refractivity contribution in [3.05, 3.63) is 65.4 Å². The number of rotatable bonds is 6. The fourth-order valence-corrected chi connectivity index (χ4v) is 5.07. The van der Waals surface area contributed by atoms with Crippen LogP contribution in [0.5, 0.6) is 0 Å². The lowest BCUT2D eigenvalue weighted by Crippen LogP contribution is -2.49. The molecule has 2 aromatic heterocycles. The van der Waals surface area contributed by atoms with Crippen LogP contribution in [0.1, 0.15) is 23.7 Å². The number of furan rings is 1. The average molecular weight is 435 g/mol. The molecule has 0 spiro atoms. The van der Waals surface area contributed by atoms with Gasteiger partial charge in [0.15, 0.2) is 0 Å². The van der Waals surface area contributed by atoms with E-state index in [-0.39, 0.29) is 11.9 Å². The Balaban J connectivity index is 1.10. The maximum Gasteiger partial charge on any atom is 0.234 e. The van der Waals surface area contributed by atoms with E-state index in [1.165, 1.54) is 4.70 Å². The van der Waals surface area contributed by atoms with E-state index >= 15 is 0 Å². The van der Waals surface area contributed by atoms with Gasteiger partial charge < -0.3 is 9.73 Å². The van der Waals surface area contributed by atoms with Crippen molar-refractivity contribution in [2.75, 3.05) is 32.7 Å². The number of hydrogen-bond acceptors (Lipinski definition) is 6. The Bertz CT molecular complexity index is 1130. The lowest BCUT2D eigenvalue weighted by molar-refractivity contribution is -0.123. The Kier molecular flexibility index (Phi) is 5.72. The van der Waals surface area contributed by atoms with Crippen LogP contribution in [0.4, 0.5) is 0 Å². The molecule has 5 rings (SSSR count). The number of nitrogens with one attached hydrogen (secondary N) is 1. The van der Waals surface area contributed by atoms with Gasteiger partial charge in [-0.1, -0.05) is 30.3 Å². The Morgan fingerprint density at radius 3 is 2.65 bits per heavy atom. The smallest absolute Gasteiger partial charge is 0.234 e. The maximum absolute atomic E-state index is 12.6. The molecule has 2 aromatic carbocycles. The van der Waals surface area contributed by atoms with Gasteiger partial charge in [0, 0.05) is 31.6 Å². The van der Waals surface area contributed by atoms with Gasteiger partial charge in [0.05, 0.1) is 29.3 Å². The predicted molar refractivity (Wildman–Crippen MR) is 124 cm³/mol. The number of hydrogen-bond donors (Lipinski definition) is 1. The topological polar surface area (TPSA) is 61.6 Å². The third kappa shape index (κ3) is 4.63. The maximum atomic E-state index is 12.6. The van der Waals surface area contributed by atoms with Crippen LogP contribution in [0.15, 0.2) is 59.0 Å². The van der Waals surface area contributed by atoms with Gasteiger partial charge in [-0.15, -0.1) is 11.3 Å². The molecule has 7 heteroatoms. The number of carbonyl (C=O) groups is 1. The van der Waals surface area contributed by atoms with Crippen LogP contribution in [0.2, 0.25) is 0 Å². The highest BCUT2D eigenvalue weighted by molar-refractivity contribution is 7.18. The summed E-state index contributed by atoms with van der Waals surface area (Å²) in [5.74, 6) is 0.822. The number of thiazole rings is 1. The van der Waals surface area contributed by atoms with Gasteiger partial charge in [0.2, 0.25) is 5.91 Å². The molecule has 6 nitrogen and oxygen atoms in total. The second kappa shape index (κ2) is 8.78. The number of fused-ring (bicyclic) bond motifs is 2. The second-order valence-electron chi connectivity index (χ2n) is 8.10. The molecule has 1 unspecified atom stereocenters. The summed E-state index contributed by atoms with van der Waals surface area (Å²) in [5.41, 5.74) is 1.93. The second-order valence-corrected chi connectivity index (χ2v) is 9.22. The minimum absolute atomic E-state index is 0.0348. The molecule has 1 saturated heterocycles. The zero-order valence-electron chi connectivity index (χ0n) is 17.6. The van der Waals surface area contributed by atoms with E-state index in [1.807, 2.05) is 43.3 Å². The summed E-state index contributed by atoms with van der Waals surface area (Å²) in [4.78, 5) is 21.9. The van der Waals surface area contributed by atoms with Crippen LogP contribution < -0.4 is 5.32 Å². The fourth-order valence-electron chi connectivity index (χ4n) is 4.06. The number of piperazine rings is 1. The Morgan fingerprint density at radius 1 is 1.10 bits per heavy atom. The summed E-state index contributed by atoms with van der Waals surface area (Å²) in [6.45, 7) is 6.92. The van der Waals surface area contributed by atoms with Crippen molar-refractivity contribution in [2.45, 2.75) is 19.5 Å². The molecule has 1 N–H and O–H groups in total. The third-order valence-electron chi connectivity index (χ3n) is 5.78. The van der Waals surface area contributed by atoms with Crippen molar-refractivity contribution in [1.29, 1.82) is 0 Å². The van der Waals surface area contributed by atoms with E-state index in [9.17, 15) is 4.79 Å². The van der Waals surface area contributed by atoms with Gasteiger partial charge in [-0.3, -0.25) is 14.6 Å². The average Bonchev–Trinajstić information content (AvgIpc) is 3.38. The zero-order valence-corrected chi connectivity index (χ0v) is 18.4. The van der Waals surface area contributed by atoms with Crippen LogP contribution in [-0.4, -0.2) is 53.4 Å². The Labute approximate surface area is 185 Å². The monoisotopic (exact) mass is 434 g/mol. The molecule has 1 atom stereocenters. The predicted octanol–water partition coefficient (Wildman–Crippen LogP) is 4.04. The highest BCUT2D eigenvalue weighted by atomic mass is 32.1. The van der Waals surface area contributed by atoms with E-state index in [2.05, 4.69) is 33.3 Å². The molecule has 1 aliphatic heterocycles. The van der Waals surface area contributed by atoms with E-state index in [0.717, 1.165) is 60.0 Å². The van der Waals surface area contributed by atoms with Crippen LogP contribution >= 0.6 is 11.3 Å². The number of benzene rings is 2. The van der Waals surface area contributed by atoms with Crippen molar-refractivity contribution in [1.82, 2.24) is 20.1 Å². The van der Waals surface area contributed by atoms with Crippen LogP contribution in [0.25, 0.3) is 21.2 Å². The molecule has 1 amide bonds. The highest BCUT2D eigenvalue weighted by Crippen LogP contribution is 2.24. The molecule has 1 fully saturated rings. The Hall–Kier alpha value is -2.74. The number of amides is 1. The lowest BCUT2D eigenvalue weighted by Gasteiger charge is -2.33. The molecule has 160 valence electrons. The van der Waals surface area contributed by atoms with Crippen molar-refractivity contribution >= 4 is 38.4 Å². The molecule has 0 radical (unpaired) electrons. The largest absolute Gasteiger partial charge is 0.459 e. The fraction of sp³-hybridized carbons (Fsp3) is 0.333. The minimum atomic E-state index is -0.153. The summed E-state index contributed by atoms with van der Waals surface area (Å²) in [7, 11) is 0. The standard InChI is InChI=1S/C24H26N4O2S/c1-17(21-14-18-6-2-4-8-20(18)30-21)25-23(29)15-27-10-12-28(13-11-27)16-24-26-19-7-3-5-9-22(19)31-24/h2-9,14,17H,10-13,15-16H2,1H3,(H,25,29). The van der Waals surface area contributed by atoms with Crippen molar-refractivity contribution < 1.29 is 9.21 Å². The summed E-state index contributed by atoms with van der Waals surface area (Å²) in [6.07, 6.45) is 0. The molecule has 31 heavy (non-hydrogen) atoms. The van der Waals surface area contributed by atoms with Crippen molar-refractivity contribution in [2.24, 2.45) is 0 Å². The first-order chi connectivity index (χ1) is 15.1. The summed E-state index contributed by atoms with van der Waals surface area (Å²) in [5, 5.41) is 5.29. The number of para-hydroxylation sites is 2. The van der Waals surface area contributed by atoms with E-state index in [0.29, 0.717) is 6.54 Å². The van der Waals surface area contributed by atoms with Crippen LogP contribution in [0.3, 0.4) is 0 Å². The molecule has 3 heterocycles. The van der Waals surface area contributed by atoms with Gasteiger partial charge >= 0.3 is 0 Å². The quantitative estimate of drug-likeness (QED) is 0.496. The van der Waals surface area contributed by atoms with E-state index < -0.39 is 0 Å². The molecular formula is C24H26N4O2S. The van der Waals surface area contributed by atoms with Gasteiger partial charge in [0.1, 0.15) is 16.4 Å². The minimum Gasteiger partial charge on any atom is -0.459 e. The first kappa shape index (κ1) is 20.2. The first-order valence-corrected chi connectivity index (χ1v) is 11.5. The molecular weight excluding hydrogens is 408 g/mol. The van der Waals surface area contributed by atoms with Gasteiger partial charge in [-0.25, -0.2) is 4.98 Å². The summed E-state index contributed by atoms with van der Waals surface area (Å²) >= 11 is 1.77. The third-order valence-corrected chi connectivity index (χ3v) is 6.80. The van der Waals surface area contributed by atoms with Gasteiger partial charge in [-0.2, -0.15) is 0 Å². The van der Waals surface area contributed by atoms with Crippen LogP contribution in [-0.2, 0) is 11.3 Å². The zero-order chi connectivity index (χ0) is 21.2. The number of carbonyl (C=O) groups excluding carboxylic acids is 1. The van der Waals surface area contributed by atoms with Crippen LogP contribution in [0, 0.1) is 0 Å². The highest BCUT2D eigenvalue weighted by Gasteiger charge is 2.21. The van der Waals surface area contributed by atoms with E-state index in [1.54, 1.807) is 11.3 Å². The summed E-state index contributed by atoms with van der Waals surface area (Å²) in [6, 6.07) is 18.0. The van der Waals surface area contributed by atoms with Gasteiger partial charge in [-0.05, 0) is 31.2 Å². The molecule has 0 aliphatic carbocycles. The number of nitrogens with zero attached hydrogens (tertiary/aromatic N) is 3. The Morgan fingerprint density at radius 2 is 1.84 bits per heavy atom. The molecule has 4 aromatic rings. The summed E-state index contributed by atoms with van der Waals surface area (Å²) < 4.78 is 7.12. The lowest BCUT2D eigenvalue weighted by atomic mass is 10.2. The SMILES string of the molecule is CC(NC(=O)CN1CCN(Cc2nc3ccccc3s2)CC1)c1cc2ccccc2o1. The van der Waals surface area contributed by atoms with Gasteiger partial charge in [0.25, 0.3) is 0 Å². The van der Waals surface area contributed by atoms with Crippen molar-refractivity contribution in [3.8, 4) is 0 Å². The molecule has 0 bridgehead atoms. The first-order valence-electron chi connectivity index (χ1n) is 10.7. The van der Waals surface area contributed by atoms with E-state index in [4.69, 9.17) is 9.40 Å². The van der Waals surface area contributed by atoms with Crippen molar-refractivity contribution in [3.63, 3.8) is 0 Å². The molecule has 0 saturated carbocycles. The molecule has 1 aliphatic rings.